The maximum atomic E-state index is 4.64. The third kappa shape index (κ3) is 3.42. The van der Waals surface area contributed by atoms with Crippen molar-refractivity contribution in [2.45, 2.75) is 39.3 Å². The minimum Gasteiger partial charge on any atom is -0.311 e. The maximum absolute atomic E-state index is 4.64. The Morgan fingerprint density at radius 2 is 2.19 bits per heavy atom. The zero-order chi connectivity index (χ0) is 14.7. The van der Waals surface area contributed by atoms with Gasteiger partial charge in [0.15, 0.2) is 0 Å². The Hall–Kier alpha value is -1.45. The number of hydrogen-bond donors (Lipinski definition) is 1. The van der Waals surface area contributed by atoms with Crippen LogP contribution in [0.2, 0.25) is 0 Å². The molecule has 0 spiro atoms. The number of fused-ring (bicyclic) bond motifs is 1. The van der Waals surface area contributed by atoms with Gasteiger partial charge in [-0.1, -0.05) is 31.5 Å². The molecule has 3 heteroatoms. The van der Waals surface area contributed by atoms with Gasteiger partial charge < -0.3 is 5.32 Å². The summed E-state index contributed by atoms with van der Waals surface area (Å²) in [4.78, 5) is 7.22. The first-order valence-electron chi connectivity index (χ1n) is 8.07. The summed E-state index contributed by atoms with van der Waals surface area (Å²) in [5.41, 5.74) is 3.65. The van der Waals surface area contributed by atoms with Crippen molar-refractivity contribution in [1.82, 2.24) is 15.2 Å². The molecular weight excluding hydrogens is 258 g/mol. The molecule has 1 aromatic carbocycles. The van der Waals surface area contributed by atoms with Crippen molar-refractivity contribution in [1.29, 1.82) is 0 Å². The third-order valence-corrected chi connectivity index (χ3v) is 4.30. The minimum absolute atomic E-state index is 0.651. The lowest BCUT2D eigenvalue weighted by molar-refractivity contribution is 0.187. The monoisotopic (exact) mass is 283 g/mol. The molecule has 1 aliphatic heterocycles. The van der Waals surface area contributed by atoms with E-state index in [-0.39, 0.29) is 0 Å². The van der Waals surface area contributed by atoms with E-state index in [0.717, 1.165) is 37.4 Å². The van der Waals surface area contributed by atoms with Gasteiger partial charge in [-0.25, -0.2) is 0 Å². The van der Waals surface area contributed by atoms with Gasteiger partial charge in [0.25, 0.3) is 0 Å². The van der Waals surface area contributed by atoms with Crippen LogP contribution in [0.4, 0.5) is 0 Å². The number of aryl methyl sites for hydroxylation is 1. The molecular formula is C18H25N3. The fraction of sp³-hybridized carbons (Fsp3) is 0.500. The summed E-state index contributed by atoms with van der Waals surface area (Å²) >= 11 is 0. The van der Waals surface area contributed by atoms with Crippen LogP contribution in [-0.4, -0.2) is 35.6 Å². The van der Waals surface area contributed by atoms with E-state index < -0.39 is 0 Å². The number of rotatable bonds is 4. The van der Waals surface area contributed by atoms with Crippen molar-refractivity contribution in [3.63, 3.8) is 0 Å². The fourth-order valence-electron chi connectivity index (χ4n) is 3.35. The highest BCUT2D eigenvalue weighted by atomic mass is 15.2. The third-order valence-electron chi connectivity index (χ3n) is 4.30. The highest BCUT2D eigenvalue weighted by Gasteiger charge is 2.19. The van der Waals surface area contributed by atoms with E-state index in [9.17, 15) is 0 Å². The molecule has 21 heavy (non-hydrogen) atoms. The summed E-state index contributed by atoms with van der Waals surface area (Å²) in [7, 11) is 0. The molecule has 2 aromatic rings. The molecule has 1 aromatic heterocycles. The number of nitrogens with one attached hydrogen (secondary N) is 1. The van der Waals surface area contributed by atoms with Crippen LogP contribution in [0.5, 0.6) is 0 Å². The summed E-state index contributed by atoms with van der Waals surface area (Å²) in [6, 6.07) is 11.4. The Morgan fingerprint density at radius 3 is 3.05 bits per heavy atom. The van der Waals surface area contributed by atoms with E-state index in [4.69, 9.17) is 0 Å². The quantitative estimate of drug-likeness (QED) is 0.934. The number of para-hydroxylation sites is 1. The predicted octanol–water partition coefficient (Wildman–Crippen LogP) is 3.12. The smallest absolute Gasteiger partial charge is 0.0708 e. The van der Waals surface area contributed by atoms with Gasteiger partial charge in [0.05, 0.1) is 5.52 Å². The van der Waals surface area contributed by atoms with Gasteiger partial charge in [0.2, 0.25) is 0 Å². The number of piperazine rings is 1. The molecule has 1 fully saturated rings. The second-order valence-electron chi connectivity index (χ2n) is 6.11. The molecule has 1 atom stereocenters. The average molecular weight is 283 g/mol. The van der Waals surface area contributed by atoms with Crippen LogP contribution in [0.1, 0.15) is 31.0 Å². The topological polar surface area (TPSA) is 28.2 Å². The highest BCUT2D eigenvalue weighted by molar-refractivity contribution is 5.82. The van der Waals surface area contributed by atoms with Gasteiger partial charge in [0, 0.05) is 43.3 Å². The van der Waals surface area contributed by atoms with Crippen LogP contribution >= 0.6 is 0 Å². The van der Waals surface area contributed by atoms with Crippen LogP contribution in [0.15, 0.2) is 30.3 Å². The molecule has 0 radical (unpaired) electrons. The van der Waals surface area contributed by atoms with Gasteiger partial charge in [-0.3, -0.25) is 9.88 Å². The van der Waals surface area contributed by atoms with E-state index in [2.05, 4.69) is 59.4 Å². The zero-order valence-electron chi connectivity index (χ0n) is 13.1. The maximum Gasteiger partial charge on any atom is 0.0708 e. The number of nitrogens with zero attached hydrogens (tertiary/aromatic N) is 2. The van der Waals surface area contributed by atoms with Crippen molar-refractivity contribution in [3.05, 3.63) is 41.6 Å². The molecule has 1 saturated heterocycles. The normalized spacial score (nSPS) is 20.0. The molecule has 0 saturated carbocycles. The molecule has 3 nitrogen and oxygen atoms in total. The van der Waals surface area contributed by atoms with E-state index in [1.807, 2.05) is 0 Å². The largest absolute Gasteiger partial charge is 0.311 e. The highest BCUT2D eigenvalue weighted by Crippen LogP contribution is 2.20. The van der Waals surface area contributed by atoms with Crippen LogP contribution in [-0.2, 0) is 6.54 Å². The molecule has 0 aliphatic carbocycles. The number of benzene rings is 1. The first-order valence-corrected chi connectivity index (χ1v) is 8.07. The zero-order valence-corrected chi connectivity index (χ0v) is 13.1. The van der Waals surface area contributed by atoms with E-state index in [0.29, 0.717) is 6.04 Å². The lowest BCUT2D eigenvalue weighted by Crippen LogP contribution is -2.50. The van der Waals surface area contributed by atoms with E-state index in [1.54, 1.807) is 0 Å². The lowest BCUT2D eigenvalue weighted by atomic mass is 10.1. The van der Waals surface area contributed by atoms with Crippen LogP contribution in [0.25, 0.3) is 10.9 Å². The van der Waals surface area contributed by atoms with Crippen molar-refractivity contribution >= 4 is 10.9 Å². The summed E-state index contributed by atoms with van der Waals surface area (Å²) in [5.74, 6) is 0. The summed E-state index contributed by atoms with van der Waals surface area (Å²) in [6.07, 6.45) is 2.52. The summed E-state index contributed by atoms with van der Waals surface area (Å²) < 4.78 is 0. The Labute approximate surface area is 127 Å². The number of aromatic nitrogens is 1. The van der Waals surface area contributed by atoms with Crippen molar-refractivity contribution in [2.75, 3.05) is 19.6 Å². The predicted molar refractivity (Wildman–Crippen MR) is 88.5 cm³/mol. The molecule has 1 unspecified atom stereocenters. The number of pyridine rings is 1. The lowest BCUT2D eigenvalue weighted by Gasteiger charge is -2.34. The van der Waals surface area contributed by atoms with Gasteiger partial charge in [0.1, 0.15) is 0 Å². The standard InChI is InChI=1S/C18H25N3/c1-3-6-16-13-21(10-9-19-16)12-15-11-14(2)20-18-8-5-4-7-17(15)18/h4-5,7-8,11,16,19H,3,6,9-10,12-13H2,1-2H3. The van der Waals surface area contributed by atoms with Crippen LogP contribution < -0.4 is 5.32 Å². The van der Waals surface area contributed by atoms with Gasteiger partial charge in [-0.2, -0.15) is 0 Å². The first-order chi connectivity index (χ1) is 10.3. The summed E-state index contributed by atoms with van der Waals surface area (Å²) in [5, 5.41) is 4.93. The second kappa shape index (κ2) is 6.54. The van der Waals surface area contributed by atoms with Crippen LogP contribution in [0.3, 0.4) is 0 Å². The van der Waals surface area contributed by atoms with E-state index >= 15 is 0 Å². The Morgan fingerprint density at radius 1 is 1.33 bits per heavy atom. The van der Waals surface area contributed by atoms with Gasteiger partial charge in [-0.15, -0.1) is 0 Å². The fourth-order valence-corrected chi connectivity index (χ4v) is 3.35. The Kier molecular flexibility index (Phi) is 4.51. The van der Waals surface area contributed by atoms with Crippen molar-refractivity contribution < 1.29 is 0 Å². The molecule has 0 amide bonds. The van der Waals surface area contributed by atoms with Gasteiger partial charge >= 0.3 is 0 Å². The minimum atomic E-state index is 0.651. The molecule has 1 aliphatic rings. The molecule has 0 bridgehead atoms. The molecule has 1 N–H and O–H groups in total. The number of hydrogen-bond acceptors (Lipinski definition) is 3. The average Bonchev–Trinajstić information content (AvgIpc) is 2.48. The molecule has 3 rings (SSSR count). The summed E-state index contributed by atoms with van der Waals surface area (Å²) in [6.45, 7) is 8.78. The van der Waals surface area contributed by atoms with E-state index in [1.165, 1.54) is 23.8 Å². The van der Waals surface area contributed by atoms with Crippen LogP contribution in [0, 0.1) is 6.92 Å². The second-order valence-corrected chi connectivity index (χ2v) is 6.11. The Balaban J connectivity index is 1.81. The van der Waals surface area contributed by atoms with Crippen molar-refractivity contribution in [2.24, 2.45) is 0 Å². The molecule has 112 valence electrons. The first kappa shape index (κ1) is 14.5. The van der Waals surface area contributed by atoms with Gasteiger partial charge in [-0.05, 0) is 31.0 Å². The molecule has 2 heterocycles. The van der Waals surface area contributed by atoms with Crippen molar-refractivity contribution in [3.8, 4) is 0 Å². The SMILES string of the molecule is CCCC1CN(Cc2cc(C)nc3ccccc23)CCN1. The Bertz CT molecular complexity index is 606.